The van der Waals surface area contributed by atoms with Crippen molar-refractivity contribution in [3.8, 4) is 0 Å². The monoisotopic (exact) mass is 326 g/mol. The van der Waals surface area contributed by atoms with Crippen molar-refractivity contribution in [3.63, 3.8) is 0 Å². The first-order valence-corrected chi connectivity index (χ1v) is 8.27. The second kappa shape index (κ2) is 6.45. The molecule has 0 aromatic carbocycles. The van der Waals surface area contributed by atoms with Crippen LogP contribution in [0.4, 0.5) is 0 Å². The predicted molar refractivity (Wildman–Crippen MR) is 82.4 cm³/mol. The van der Waals surface area contributed by atoms with Crippen LogP contribution in [0.15, 0.2) is 0 Å². The molecule has 3 saturated heterocycles. The Bertz CT molecular complexity index is 486. The maximum Gasteiger partial charge on any atom is 0.309 e. The van der Waals surface area contributed by atoms with Gasteiger partial charge in [-0.3, -0.25) is 25.5 Å². The number of ketones is 1. The minimum atomic E-state index is -0.899. The van der Waals surface area contributed by atoms with Crippen LogP contribution in [0.25, 0.3) is 0 Å². The van der Waals surface area contributed by atoms with Crippen molar-refractivity contribution in [1.29, 1.82) is 0 Å². The van der Waals surface area contributed by atoms with Gasteiger partial charge in [0.1, 0.15) is 6.23 Å². The third-order valence-corrected chi connectivity index (χ3v) is 5.18. The van der Waals surface area contributed by atoms with Crippen LogP contribution in [0.1, 0.15) is 20.3 Å². The van der Waals surface area contributed by atoms with Gasteiger partial charge in [-0.05, 0) is 19.4 Å². The molecule has 7 atom stereocenters. The molecule has 3 heterocycles. The molecule has 3 aliphatic rings. The Labute approximate surface area is 135 Å². The first-order chi connectivity index (χ1) is 10.9. The van der Waals surface area contributed by atoms with Crippen molar-refractivity contribution in [1.82, 2.24) is 21.3 Å². The fourth-order valence-electron chi connectivity index (χ4n) is 3.83. The fraction of sp³-hybridized carbons (Fsp3) is 0.867. The van der Waals surface area contributed by atoms with E-state index in [0.717, 1.165) is 0 Å². The van der Waals surface area contributed by atoms with Crippen molar-refractivity contribution in [2.75, 3.05) is 13.6 Å². The van der Waals surface area contributed by atoms with Gasteiger partial charge in [-0.1, -0.05) is 13.8 Å². The fourth-order valence-corrected chi connectivity index (χ4v) is 3.83. The SMILES string of the molecule is CNC1NC2OC3CNC(C(C)C)NC3C(=O)C2CC1C(=O)O. The number of piperidine rings is 1. The molecule has 7 unspecified atom stereocenters. The molecule has 130 valence electrons. The van der Waals surface area contributed by atoms with Gasteiger partial charge in [-0.25, -0.2) is 0 Å². The van der Waals surface area contributed by atoms with E-state index in [1.165, 1.54) is 0 Å². The van der Waals surface area contributed by atoms with Crippen LogP contribution in [-0.2, 0) is 14.3 Å². The van der Waals surface area contributed by atoms with E-state index in [2.05, 4.69) is 35.1 Å². The number of ether oxygens (including phenoxy) is 1. The molecule has 0 spiro atoms. The van der Waals surface area contributed by atoms with Crippen LogP contribution in [0.5, 0.6) is 0 Å². The van der Waals surface area contributed by atoms with Crippen molar-refractivity contribution in [3.05, 3.63) is 0 Å². The average Bonchev–Trinajstić information content (AvgIpc) is 2.53. The number of carboxylic acids is 1. The summed E-state index contributed by atoms with van der Waals surface area (Å²) in [6.07, 6.45) is -0.702. The number of carboxylic acid groups (broad SMARTS) is 1. The lowest BCUT2D eigenvalue weighted by molar-refractivity contribution is -0.176. The smallest absolute Gasteiger partial charge is 0.309 e. The van der Waals surface area contributed by atoms with E-state index < -0.39 is 30.2 Å². The molecule has 3 aliphatic heterocycles. The summed E-state index contributed by atoms with van der Waals surface area (Å²) in [5.41, 5.74) is 0. The second-order valence-corrected chi connectivity index (χ2v) is 6.99. The highest BCUT2D eigenvalue weighted by Gasteiger charge is 2.52. The van der Waals surface area contributed by atoms with Crippen LogP contribution in [0.2, 0.25) is 0 Å². The van der Waals surface area contributed by atoms with Gasteiger partial charge in [-0.2, -0.15) is 0 Å². The zero-order valence-electron chi connectivity index (χ0n) is 13.7. The lowest BCUT2D eigenvalue weighted by Gasteiger charge is -2.50. The molecule has 0 aromatic heterocycles. The highest BCUT2D eigenvalue weighted by Crippen LogP contribution is 2.33. The number of hydrogen-bond acceptors (Lipinski definition) is 7. The lowest BCUT2D eigenvalue weighted by Crippen LogP contribution is -2.73. The minimum absolute atomic E-state index is 0.0618. The molecule has 0 bridgehead atoms. The maximum atomic E-state index is 12.9. The van der Waals surface area contributed by atoms with E-state index >= 15 is 0 Å². The zero-order chi connectivity index (χ0) is 16.7. The van der Waals surface area contributed by atoms with E-state index in [0.29, 0.717) is 18.9 Å². The number of Topliss-reactive ketones (excluding diaryl/α,β-unsaturated/α-hetero) is 1. The number of nitrogens with one attached hydrogen (secondary N) is 4. The third-order valence-electron chi connectivity index (χ3n) is 5.18. The van der Waals surface area contributed by atoms with Crippen molar-refractivity contribution in [2.45, 2.75) is 51.0 Å². The summed E-state index contributed by atoms with van der Waals surface area (Å²) < 4.78 is 6.06. The molecule has 5 N–H and O–H groups in total. The summed E-state index contributed by atoms with van der Waals surface area (Å²) in [5.74, 6) is -1.56. The summed E-state index contributed by atoms with van der Waals surface area (Å²) >= 11 is 0. The Balaban J connectivity index is 1.77. The Hall–Kier alpha value is -1.06. The summed E-state index contributed by atoms with van der Waals surface area (Å²) in [7, 11) is 1.71. The molecule has 3 fully saturated rings. The molecule has 0 amide bonds. The highest BCUT2D eigenvalue weighted by molar-refractivity contribution is 5.89. The van der Waals surface area contributed by atoms with Gasteiger partial charge in [0, 0.05) is 6.54 Å². The normalized spacial score (nSPS) is 43.8. The van der Waals surface area contributed by atoms with Gasteiger partial charge in [0.05, 0.1) is 36.3 Å². The number of fused-ring (bicyclic) bond motifs is 2. The average molecular weight is 326 g/mol. The van der Waals surface area contributed by atoms with Crippen molar-refractivity contribution < 1.29 is 19.4 Å². The van der Waals surface area contributed by atoms with Gasteiger partial charge < -0.3 is 15.2 Å². The van der Waals surface area contributed by atoms with Gasteiger partial charge in [0.15, 0.2) is 5.78 Å². The highest BCUT2D eigenvalue weighted by atomic mass is 16.5. The Morgan fingerprint density at radius 2 is 2.13 bits per heavy atom. The quantitative estimate of drug-likeness (QED) is 0.434. The van der Waals surface area contributed by atoms with E-state index in [4.69, 9.17) is 4.74 Å². The minimum Gasteiger partial charge on any atom is -0.481 e. The second-order valence-electron chi connectivity index (χ2n) is 6.99. The molecule has 8 heteroatoms. The lowest BCUT2D eigenvalue weighted by atomic mass is 9.78. The molecule has 8 nitrogen and oxygen atoms in total. The van der Waals surface area contributed by atoms with E-state index in [9.17, 15) is 14.7 Å². The van der Waals surface area contributed by atoms with Crippen molar-refractivity contribution in [2.24, 2.45) is 17.8 Å². The molecule has 0 aromatic rings. The first kappa shape index (κ1) is 16.8. The molecular weight excluding hydrogens is 300 g/mol. The molecule has 0 aliphatic carbocycles. The first-order valence-electron chi connectivity index (χ1n) is 8.27. The van der Waals surface area contributed by atoms with Crippen LogP contribution in [0, 0.1) is 17.8 Å². The third kappa shape index (κ3) is 3.01. The van der Waals surface area contributed by atoms with Gasteiger partial charge >= 0.3 is 5.97 Å². The number of carbonyl (C=O) groups is 2. The predicted octanol–water partition coefficient (Wildman–Crippen LogP) is -1.32. The molecule has 3 rings (SSSR count). The largest absolute Gasteiger partial charge is 0.481 e. The number of aliphatic carboxylic acids is 1. The zero-order valence-corrected chi connectivity index (χ0v) is 13.7. The van der Waals surface area contributed by atoms with E-state index in [-0.39, 0.29) is 24.1 Å². The Kier molecular flexibility index (Phi) is 4.70. The van der Waals surface area contributed by atoms with Gasteiger partial charge in [0.25, 0.3) is 0 Å². The molecule has 0 saturated carbocycles. The summed E-state index contributed by atoms with van der Waals surface area (Å²) in [4.78, 5) is 24.4. The van der Waals surface area contributed by atoms with Crippen LogP contribution in [-0.4, -0.2) is 61.2 Å². The molecule has 23 heavy (non-hydrogen) atoms. The van der Waals surface area contributed by atoms with Crippen LogP contribution in [0.3, 0.4) is 0 Å². The summed E-state index contributed by atoms with van der Waals surface area (Å²) in [5, 5.41) is 22.2. The van der Waals surface area contributed by atoms with E-state index in [1.807, 2.05) is 0 Å². The molecular formula is C15H26N4O4. The van der Waals surface area contributed by atoms with Gasteiger partial charge in [0.2, 0.25) is 0 Å². The summed E-state index contributed by atoms with van der Waals surface area (Å²) in [6.45, 7) is 4.79. The maximum absolute atomic E-state index is 12.9. The number of hydrogen-bond donors (Lipinski definition) is 5. The van der Waals surface area contributed by atoms with Crippen LogP contribution >= 0.6 is 0 Å². The van der Waals surface area contributed by atoms with E-state index in [1.54, 1.807) is 7.05 Å². The topological polar surface area (TPSA) is 112 Å². The Morgan fingerprint density at radius 3 is 2.74 bits per heavy atom. The standard InChI is InChI=1S/C15H26N4O4/c1-6(2)12-17-5-9-10(18-12)11(20)7-4-8(15(21)22)13(16-3)19-14(7)23-9/h6-10,12-14,16-19H,4-5H2,1-3H3,(H,21,22). The van der Waals surface area contributed by atoms with Crippen LogP contribution < -0.4 is 21.3 Å². The number of carbonyl (C=O) groups excluding carboxylic acids is 1. The molecule has 0 radical (unpaired) electrons. The Morgan fingerprint density at radius 1 is 1.39 bits per heavy atom. The summed E-state index contributed by atoms with van der Waals surface area (Å²) in [6, 6.07) is -0.368. The van der Waals surface area contributed by atoms with Gasteiger partial charge in [-0.15, -0.1) is 0 Å². The number of rotatable bonds is 3. The van der Waals surface area contributed by atoms with Crippen molar-refractivity contribution >= 4 is 11.8 Å².